The lowest BCUT2D eigenvalue weighted by Gasteiger charge is -2.15. The topological polar surface area (TPSA) is 95.9 Å². The highest BCUT2D eigenvalue weighted by Gasteiger charge is 2.14. The predicted molar refractivity (Wildman–Crippen MR) is 94.4 cm³/mol. The Morgan fingerprint density at radius 1 is 1.12 bits per heavy atom. The number of anilines is 1. The van der Waals surface area contributed by atoms with E-state index < -0.39 is 11.9 Å². The zero-order valence-electron chi connectivity index (χ0n) is 14.4. The van der Waals surface area contributed by atoms with E-state index in [0.717, 1.165) is 29.5 Å². The van der Waals surface area contributed by atoms with Crippen molar-refractivity contribution in [3.05, 3.63) is 47.0 Å². The minimum absolute atomic E-state index is 0.245. The SMILES string of the molecule is CCCc1cc(Oc2c(C)cc(NC(=O)C(=O)O)cc2C)ccc1O. The van der Waals surface area contributed by atoms with Crippen LogP contribution in [0.1, 0.15) is 30.0 Å². The van der Waals surface area contributed by atoms with Crippen molar-refractivity contribution in [1.82, 2.24) is 0 Å². The van der Waals surface area contributed by atoms with Gasteiger partial charge in [0.2, 0.25) is 0 Å². The van der Waals surface area contributed by atoms with E-state index in [1.807, 2.05) is 20.8 Å². The Hall–Kier alpha value is -3.02. The number of nitrogens with one attached hydrogen (secondary N) is 1. The van der Waals surface area contributed by atoms with Crippen LogP contribution in [0.15, 0.2) is 30.3 Å². The number of carboxylic acids is 1. The normalized spacial score (nSPS) is 10.4. The van der Waals surface area contributed by atoms with Gasteiger partial charge in [-0.2, -0.15) is 0 Å². The Labute approximate surface area is 146 Å². The Balaban J connectivity index is 2.27. The molecule has 0 heterocycles. The fraction of sp³-hybridized carbons (Fsp3) is 0.263. The first-order valence-electron chi connectivity index (χ1n) is 7.97. The maximum Gasteiger partial charge on any atom is 0.394 e. The van der Waals surface area contributed by atoms with Gasteiger partial charge < -0.3 is 20.3 Å². The smallest absolute Gasteiger partial charge is 0.394 e. The first-order chi connectivity index (χ1) is 11.8. The van der Waals surface area contributed by atoms with Gasteiger partial charge in [-0.3, -0.25) is 4.79 Å². The van der Waals surface area contributed by atoms with Crippen LogP contribution in [0.4, 0.5) is 5.69 Å². The third-order valence-corrected chi connectivity index (χ3v) is 3.70. The molecule has 2 rings (SSSR count). The van der Waals surface area contributed by atoms with Crippen molar-refractivity contribution in [2.45, 2.75) is 33.6 Å². The van der Waals surface area contributed by atoms with E-state index in [1.54, 1.807) is 30.3 Å². The fourth-order valence-electron chi connectivity index (χ4n) is 2.58. The van der Waals surface area contributed by atoms with Crippen LogP contribution in [0, 0.1) is 13.8 Å². The van der Waals surface area contributed by atoms with Crippen LogP contribution >= 0.6 is 0 Å². The Morgan fingerprint density at radius 3 is 2.32 bits per heavy atom. The van der Waals surface area contributed by atoms with Crippen LogP contribution in [0.25, 0.3) is 0 Å². The van der Waals surface area contributed by atoms with Gasteiger partial charge in [-0.05, 0) is 67.3 Å². The number of amides is 1. The second-order valence-electron chi connectivity index (χ2n) is 5.84. The van der Waals surface area contributed by atoms with Crippen LogP contribution in [0.2, 0.25) is 0 Å². The molecule has 0 unspecified atom stereocenters. The summed E-state index contributed by atoms with van der Waals surface area (Å²) < 4.78 is 5.95. The lowest BCUT2D eigenvalue weighted by molar-refractivity contribution is -0.147. The minimum atomic E-state index is -1.54. The molecule has 0 spiro atoms. The molecule has 3 N–H and O–H groups in total. The van der Waals surface area contributed by atoms with Crippen molar-refractivity contribution in [2.75, 3.05) is 5.32 Å². The summed E-state index contributed by atoms with van der Waals surface area (Å²) in [6.07, 6.45) is 1.66. The molecule has 6 heteroatoms. The van der Waals surface area contributed by atoms with Gasteiger partial charge in [0.05, 0.1) is 0 Å². The number of hydrogen-bond donors (Lipinski definition) is 3. The first kappa shape index (κ1) is 18.3. The van der Waals surface area contributed by atoms with E-state index >= 15 is 0 Å². The predicted octanol–water partition coefficient (Wildman–Crippen LogP) is 3.78. The first-order valence-corrected chi connectivity index (χ1v) is 7.97. The van der Waals surface area contributed by atoms with Crippen LogP contribution in [0.5, 0.6) is 17.2 Å². The molecule has 25 heavy (non-hydrogen) atoms. The third kappa shape index (κ3) is 4.50. The van der Waals surface area contributed by atoms with Crippen molar-refractivity contribution in [3.63, 3.8) is 0 Å². The van der Waals surface area contributed by atoms with Crippen molar-refractivity contribution >= 4 is 17.6 Å². The molecule has 0 atom stereocenters. The highest BCUT2D eigenvalue weighted by atomic mass is 16.5. The quantitative estimate of drug-likeness (QED) is 0.718. The highest BCUT2D eigenvalue weighted by molar-refractivity contribution is 6.36. The molecule has 0 saturated heterocycles. The maximum absolute atomic E-state index is 11.3. The largest absolute Gasteiger partial charge is 0.508 e. The van der Waals surface area contributed by atoms with Crippen LogP contribution in [0.3, 0.4) is 0 Å². The highest BCUT2D eigenvalue weighted by Crippen LogP contribution is 2.33. The Bertz CT molecular complexity index is 790. The summed E-state index contributed by atoms with van der Waals surface area (Å²) in [6, 6.07) is 8.39. The van der Waals surface area contributed by atoms with E-state index in [0.29, 0.717) is 17.2 Å². The summed E-state index contributed by atoms with van der Waals surface area (Å²) in [7, 11) is 0. The molecule has 0 aliphatic heterocycles. The number of ether oxygens (including phenoxy) is 1. The van der Waals surface area contributed by atoms with Gasteiger partial charge in [-0.25, -0.2) is 4.79 Å². The molecule has 0 fully saturated rings. The molecule has 1 amide bonds. The average molecular weight is 343 g/mol. The monoisotopic (exact) mass is 343 g/mol. The van der Waals surface area contributed by atoms with Crippen molar-refractivity contribution in [1.29, 1.82) is 0 Å². The lowest BCUT2D eigenvalue weighted by Crippen LogP contribution is -2.21. The number of phenolic OH excluding ortho intramolecular Hbond substituents is 1. The summed E-state index contributed by atoms with van der Waals surface area (Å²) in [4.78, 5) is 21.9. The average Bonchev–Trinajstić information content (AvgIpc) is 2.54. The zero-order chi connectivity index (χ0) is 18.6. The summed E-state index contributed by atoms with van der Waals surface area (Å²) >= 11 is 0. The number of carbonyl (C=O) groups is 2. The second kappa shape index (κ2) is 7.70. The van der Waals surface area contributed by atoms with E-state index in [2.05, 4.69) is 5.32 Å². The standard InChI is InChI=1S/C19H21NO5/c1-4-5-13-10-15(6-7-16(13)21)25-17-11(2)8-14(9-12(17)3)20-18(22)19(23)24/h6-10,21H,4-5H2,1-3H3,(H,20,22)(H,23,24). The van der Waals surface area contributed by atoms with Crippen LogP contribution in [-0.4, -0.2) is 22.1 Å². The van der Waals surface area contributed by atoms with E-state index in [9.17, 15) is 14.7 Å². The molecule has 0 aromatic heterocycles. The number of aromatic hydroxyl groups is 1. The van der Waals surface area contributed by atoms with Gasteiger partial charge in [-0.1, -0.05) is 13.3 Å². The molecular weight excluding hydrogens is 322 g/mol. The lowest BCUT2D eigenvalue weighted by atomic mass is 10.1. The summed E-state index contributed by atoms with van der Waals surface area (Å²) in [5.41, 5.74) is 2.73. The number of benzene rings is 2. The summed E-state index contributed by atoms with van der Waals surface area (Å²) in [6.45, 7) is 5.66. The van der Waals surface area contributed by atoms with Gasteiger partial charge in [0, 0.05) is 5.69 Å². The molecule has 0 aliphatic carbocycles. The number of aryl methyl sites for hydroxylation is 3. The third-order valence-electron chi connectivity index (χ3n) is 3.70. The van der Waals surface area contributed by atoms with Gasteiger partial charge in [-0.15, -0.1) is 0 Å². The molecule has 0 bridgehead atoms. The molecule has 0 radical (unpaired) electrons. The second-order valence-corrected chi connectivity index (χ2v) is 5.84. The van der Waals surface area contributed by atoms with E-state index in [1.165, 1.54) is 0 Å². The molecule has 0 saturated carbocycles. The number of hydrogen-bond acceptors (Lipinski definition) is 4. The van der Waals surface area contributed by atoms with Crippen molar-refractivity contribution < 1.29 is 24.5 Å². The fourth-order valence-corrected chi connectivity index (χ4v) is 2.58. The Kier molecular flexibility index (Phi) is 5.64. The molecule has 2 aromatic rings. The van der Waals surface area contributed by atoms with Gasteiger partial charge >= 0.3 is 11.9 Å². The van der Waals surface area contributed by atoms with Crippen molar-refractivity contribution in [2.24, 2.45) is 0 Å². The van der Waals surface area contributed by atoms with Crippen LogP contribution < -0.4 is 10.1 Å². The van der Waals surface area contributed by atoms with E-state index in [-0.39, 0.29) is 5.75 Å². The summed E-state index contributed by atoms with van der Waals surface area (Å²) in [5, 5.41) is 20.8. The molecule has 132 valence electrons. The zero-order valence-corrected chi connectivity index (χ0v) is 14.4. The van der Waals surface area contributed by atoms with Gasteiger partial charge in [0.1, 0.15) is 17.2 Å². The number of aliphatic carboxylic acids is 1. The number of rotatable bonds is 5. The van der Waals surface area contributed by atoms with E-state index in [4.69, 9.17) is 9.84 Å². The molecular formula is C19H21NO5. The van der Waals surface area contributed by atoms with Gasteiger partial charge in [0.15, 0.2) is 0 Å². The molecule has 6 nitrogen and oxygen atoms in total. The van der Waals surface area contributed by atoms with Crippen LogP contribution in [-0.2, 0) is 16.0 Å². The van der Waals surface area contributed by atoms with Gasteiger partial charge in [0.25, 0.3) is 0 Å². The number of carboxylic acid groups (broad SMARTS) is 1. The summed E-state index contributed by atoms with van der Waals surface area (Å²) in [5.74, 6) is -1.15. The Morgan fingerprint density at radius 2 is 1.76 bits per heavy atom. The minimum Gasteiger partial charge on any atom is -0.508 e. The molecule has 0 aliphatic rings. The maximum atomic E-state index is 11.3. The van der Waals surface area contributed by atoms with Crippen molar-refractivity contribution in [3.8, 4) is 17.2 Å². The molecule has 2 aromatic carbocycles. The number of carbonyl (C=O) groups excluding carboxylic acids is 1. The number of phenols is 1.